The van der Waals surface area contributed by atoms with Crippen molar-refractivity contribution in [3.8, 4) is 23.1 Å². The number of anilines is 2. The summed E-state index contributed by atoms with van der Waals surface area (Å²) < 4.78 is 5.21. The first-order chi connectivity index (χ1) is 15.4. The minimum absolute atomic E-state index is 0.0603. The highest BCUT2D eigenvalue weighted by molar-refractivity contribution is 5.77. The first kappa shape index (κ1) is 22.7. The third-order valence-corrected chi connectivity index (χ3v) is 4.81. The summed E-state index contributed by atoms with van der Waals surface area (Å²) >= 11 is 0. The first-order valence-electron chi connectivity index (χ1n) is 10.1. The predicted octanol–water partition coefficient (Wildman–Crippen LogP) is 3.29. The smallest absolute Gasteiger partial charge is 0.236 e. The fraction of sp³-hybridized carbons (Fsp3) is 0.250. The lowest BCUT2D eigenvalue weighted by Crippen LogP contribution is -2.34. The van der Waals surface area contributed by atoms with Gasteiger partial charge in [-0.3, -0.25) is 9.69 Å². The molecule has 32 heavy (non-hydrogen) atoms. The summed E-state index contributed by atoms with van der Waals surface area (Å²) in [5, 5.41) is 12.6. The largest absolute Gasteiger partial charge is 0.495 e. The summed E-state index contributed by atoms with van der Waals surface area (Å²) in [4.78, 5) is 24.4. The van der Waals surface area contributed by atoms with Crippen molar-refractivity contribution < 1.29 is 9.53 Å². The summed E-state index contributed by atoms with van der Waals surface area (Å²) in [5.41, 5.74) is 3.85. The van der Waals surface area contributed by atoms with Crippen molar-refractivity contribution in [3.63, 3.8) is 0 Å². The van der Waals surface area contributed by atoms with Crippen molar-refractivity contribution in [3.05, 3.63) is 65.9 Å². The monoisotopic (exact) mass is 430 g/mol. The van der Waals surface area contributed by atoms with E-state index in [1.807, 2.05) is 42.3 Å². The van der Waals surface area contributed by atoms with Gasteiger partial charge < -0.3 is 15.0 Å². The Balaban J connectivity index is 1.74. The van der Waals surface area contributed by atoms with E-state index in [1.165, 1.54) is 7.11 Å². The number of nitrogens with one attached hydrogen (secondary N) is 1. The third-order valence-electron chi connectivity index (χ3n) is 4.81. The van der Waals surface area contributed by atoms with Crippen molar-refractivity contribution in [2.75, 3.05) is 40.1 Å². The van der Waals surface area contributed by atoms with Gasteiger partial charge in [0, 0.05) is 38.1 Å². The van der Waals surface area contributed by atoms with Gasteiger partial charge in [0.15, 0.2) is 0 Å². The second-order valence-corrected chi connectivity index (χ2v) is 7.58. The number of nitriles is 1. The van der Waals surface area contributed by atoms with Crippen molar-refractivity contribution in [2.45, 2.75) is 6.54 Å². The summed E-state index contributed by atoms with van der Waals surface area (Å²) in [7, 11) is 6.96. The molecule has 0 aliphatic rings. The Labute approximate surface area is 188 Å². The zero-order chi connectivity index (χ0) is 23.1. The normalized spacial score (nSPS) is 10.5. The van der Waals surface area contributed by atoms with Crippen LogP contribution in [0.5, 0.6) is 5.75 Å². The SMILES string of the molecule is COc1ccc(-c2ccnc(Nc3cccc(CN(C)CC(=O)N(C)C)c3)n2)cc1C#N. The summed E-state index contributed by atoms with van der Waals surface area (Å²) in [6.45, 7) is 0.987. The summed E-state index contributed by atoms with van der Waals surface area (Å²) in [6, 6.07) is 17.2. The van der Waals surface area contributed by atoms with Gasteiger partial charge in [0.05, 0.1) is 24.9 Å². The number of carbonyl (C=O) groups is 1. The average Bonchev–Trinajstić information content (AvgIpc) is 2.78. The van der Waals surface area contributed by atoms with E-state index in [1.54, 1.807) is 43.4 Å². The van der Waals surface area contributed by atoms with E-state index >= 15 is 0 Å². The third kappa shape index (κ3) is 5.80. The maximum atomic E-state index is 11.9. The lowest BCUT2D eigenvalue weighted by atomic mass is 10.1. The molecule has 2 aromatic carbocycles. The fourth-order valence-electron chi connectivity index (χ4n) is 3.15. The second kappa shape index (κ2) is 10.4. The van der Waals surface area contributed by atoms with E-state index in [4.69, 9.17) is 4.74 Å². The number of hydrogen-bond acceptors (Lipinski definition) is 7. The molecule has 0 fully saturated rings. The molecule has 1 amide bonds. The highest BCUT2D eigenvalue weighted by Crippen LogP contribution is 2.26. The predicted molar refractivity (Wildman–Crippen MR) is 123 cm³/mol. The van der Waals surface area contributed by atoms with E-state index in [0.717, 1.165) is 16.8 Å². The van der Waals surface area contributed by atoms with Crippen LogP contribution in [0.4, 0.5) is 11.6 Å². The van der Waals surface area contributed by atoms with Gasteiger partial charge in [0.2, 0.25) is 11.9 Å². The van der Waals surface area contributed by atoms with E-state index in [0.29, 0.717) is 36.0 Å². The number of aromatic nitrogens is 2. The lowest BCUT2D eigenvalue weighted by molar-refractivity contribution is -0.129. The van der Waals surface area contributed by atoms with Gasteiger partial charge in [0.1, 0.15) is 11.8 Å². The molecule has 0 saturated carbocycles. The van der Waals surface area contributed by atoms with Gasteiger partial charge in [-0.1, -0.05) is 12.1 Å². The van der Waals surface area contributed by atoms with Gasteiger partial charge in [-0.2, -0.15) is 5.26 Å². The Bertz CT molecular complexity index is 1140. The van der Waals surface area contributed by atoms with Gasteiger partial charge in [-0.25, -0.2) is 9.97 Å². The van der Waals surface area contributed by atoms with Crippen LogP contribution in [0.3, 0.4) is 0 Å². The van der Waals surface area contributed by atoms with Crippen molar-refractivity contribution >= 4 is 17.5 Å². The topological polar surface area (TPSA) is 94.4 Å². The quantitative estimate of drug-likeness (QED) is 0.586. The molecule has 8 nitrogen and oxygen atoms in total. The number of amides is 1. The van der Waals surface area contributed by atoms with E-state index in [2.05, 4.69) is 21.4 Å². The number of benzene rings is 2. The Morgan fingerprint density at radius 1 is 1.16 bits per heavy atom. The number of hydrogen-bond donors (Lipinski definition) is 1. The van der Waals surface area contributed by atoms with E-state index in [-0.39, 0.29) is 5.91 Å². The van der Waals surface area contributed by atoms with Gasteiger partial charge in [0.25, 0.3) is 0 Å². The highest BCUT2D eigenvalue weighted by atomic mass is 16.5. The molecule has 0 spiro atoms. The number of nitrogens with zero attached hydrogens (tertiary/aromatic N) is 5. The minimum atomic E-state index is 0.0603. The van der Waals surface area contributed by atoms with Gasteiger partial charge >= 0.3 is 0 Å². The molecule has 0 bridgehead atoms. The standard InChI is InChI=1S/C24H26N6O2/c1-29(2)23(31)16-30(3)15-17-6-5-7-20(12-17)27-24-26-11-10-21(28-24)18-8-9-22(32-4)19(13-18)14-25/h5-13H,15-16H2,1-4H3,(H,26,27,28). The molecule has 0 radical (unpaired) electrons. The lowest BCUT2D eigenvalue weighted by Gasteiger charge is -2.19. The second-order valence-electron chi connectivity index (χ2n) is 7.58. The van der Waals surface area contributed by atoms with E-state index in [9.17, 15) is 10.1 Å². The molecule has 0 aliphatic carbocycles. The van der Waals surface area contributed by atoms with Crippen LogP contribution in [0.2, 0.25) is 0 Å². The number of rotatable bonds is 8. The Hall–Kier alpha value is -3.96. The molecule has 1 N–H and O–H groups in total. The summed E-state index contributed by atoms with van der Waals surface area (Å²) in [6.07, 6.45) is 1.67. The highest BCUT2D eigenvalue weighted by Gasteiger charge is 2.10. The molecule has 0 aliphatic heterocycles. The number of likely N-dealkylation sites (N-methyl/N-ethyl adjacent to an activating group) is 2. The van der Waals surface area contributed by atoms with Crippen LogP contribution in [-0.4, -0.2) is 60.5 Å². The van der Waals surface area contributed by atoms with Crippen LogP contribution in [0.1, 0.15) is 11.1 Å². The zero-order valence-electron chi connectivity index (χ0n) is 18.7. The number of ether oxygens (including phenoxy) is 1. The molecule has 0 unspecified atom stereocenters. The molecule has 8 heteroatoms. The maximum Gasteiger partial charge on any atom is 0.236 e. The van der Waals surface area contributed by atoms with Crippen molar-refractivity contribution in [1.29, 1.82) is 5.26 Å². The zero-order valence-corrected chi connectivity index (χ0v) is 18.7. The summed E-state index contributed by atoms with van der Waals surface area (Å²) in [5.74, 6) is 1.04. The Kier molecular flexibility index (Phi) is 7.37. The Morgan fingerprint density at radius 2 is 1.97 bits per heavy atom. The van der Waals surface area contributed by atoms with Gasteiger partial charge in [-0.15, -0.1) is 0 Å². The number of carbonyl (C=O) groups excluding carboxylic acids is 1. The molecule has 0 atom stereocenters. The van der Waals surface area contributed by atoms with Crippen molar-refractivity contribution in [1.82, 2.24) is 19.8 Å². The Morgan fingerprint density at radius 3 is 2.69 bits per heavy atom. The van der Waals surface area contributed by atoms with Crippen LogP contribution in [0.25, 0.3) is 11.3 Å². The fourth-order valence-corrected chi connectivity index (χ4v) is 3.15. The van der Waals surface area contributed by atoms with Crippen LogP contribution < -0.4 is 10.1 Å². The van der Waals surface area contributed by atoms with Crippen LogP contribution in [0.15, 0.2) is 54.7 Å². The molecule has 1 heterocycles. The van der Waals surface area contributed by atoms with Gasteiger partial charge in [-0.05, 0) is 49.0 Å². The molecule has 3 aromatic rings. The van der Waals surface area contributed by atoms with Crippen LogP contribution in [0, 0.1) is 11.3 Å². The molecule has 164 valence electrons. The van der Waals surface area contributed by atoms with Crippen molar-refractivity contribution in [2.24, 2.45) is 0 Å². The minimum Gasteiger partial charge on any atom is -0.495 e. The first-order valence-corrected chi connectivity index (χ1v) is 10.1. The van der Waals surface area contributed by atoms with E-state index < -0.39 is 0 Å². The number of methoxy groups -OCH3 is 1. The van der Waals surface area contributed by atoms with Crippen LogP contribution in [-0.2, 0) is 11.3 Å². The average molecular weight is 431 g/mol. The maximum absolute atomic E-state index is 11.9. The van der Waals surface area contributed by atoms with Crippen LogP contribution >= 0.6 is 0 Å². The molecule has 3 rings (SSSR count). The molecular weight excluding hydrogens is 404 g/mol. The molecular formula is C24H26N6O2. The molecule has 0 saturated heterocycles. The molecule has 1 aromatic heterocycles.